The zero-order chi connectivity index (χ0) is 15.5. The third-order valence-electron chi connectivity index (χ3n) is 4.03. The van der Waals surface area contributed by atoms with Gasteiger partial charge < -0.3 is 9.30 Å². The summed E-state index contributed by atoms with van der Waals surface area (Å²) in [5.41, 5.74) is 3.30. The van der Waals surface area contributed by atoms with Crippen molar-refractivity contribution < 1.29 is 4.74 Å². The van der Waals surface area contributed by atoms with E-state index < -0.39 is 0 Å². The van der Waals surface area contributed by atoms with Gasteiger partial charge in [-0.15, -0.1) is 0 Å². The Bertz CT molecular complexity index is 865. The normalized spacial score (nSPS) is 10.8. The van der Waals surface area contributed by atoms with Crippen molar-refractivity contribution in [2.75, 3.05) is 6.61 Å². The van der Waals surface area contributed by atoms with Crippen LogP contribution in [0.2, 0.25) is 0 Å². The number of pyridine rings is 1. The molecule has 0 unspecified atom stereocenters. The molecule has 0 N–H and O–H groups in total. The average Bonchev–Trinajstić information content (AvgIpc) is 2.53. The van der Waals surface area contributed by atoms with Crippen molar-refractivity contribution in [3.63, 3.8) is 0 Å². The Labute approximate surface area is 129 Å². The number of hydrogen-bond acceptors (Lipinski definition) is 2. The molecule has 0 bridgehead atoms. The number of benzene rings is 2. The molecule has 3 nitrogen and oxygen atoms in total. The molecule has 0 saturated carbocycles. The molecular weight excluding hydrogens is 274 g/mol. The van der Waals surface area contributed by atoms with Crippen LogP contribution >= 0.6 is 0 Å². The van der Waals surface area contributed by atoms with Gasteiger partial charge >= 0.3 is 0 Å². The molecule has 3 rings (SSSR count). The molecule has 3 heteroatoms. The third-order valence-corrected chi connectivity index (χ3v) is 4.03. The molecule has 0 fully saturated rings. The summed E-state index contributed by atoms with van der Waals surface area (Å²) < 4.78 is 7.63. The summed E-state index contributed by atoms with van der Waals surface area (Å²) in [6.07, 6.45) is 0. The van der Waals surface area contributed by atoms with Crippen molar-refractivity contribution >= 4 is 10.9 Å². The van der Waals surface area contributed by atoms with Gasteiger partial charge in [-0.2, -0.15) is 0 Å². The van der Waals surface area contributed by atoms with Gasteiger partial charge in [0.05, 0.1) is 12.1 Å². The van der Waals surface area contributed by atoms with Crippen LogP contribution in [-0.2, 0) is 6.54 Å². The molecule has 3 aromatic rings. The molecule has 0 spiro atoms. The van der Waals surface area contributed by atoms with Gasteiger partial charge in [0.25, 0.3) is 5.56 Å². The van der Waals surface area contributed by atoms with E-state index in [1.807, 2.05) is 42.5 Å². The highest BCUT2D eigenvalue weighted by Gasteiger charge is 2.04. The van der Waals surface area contributed by atoms with Crippen molar-refractivity contribution in [2.45, 2.75) is 20.4 Å². The maximum Gasteiger partial charge on any atom is 0.251 e. The van der Waals surface area contributed by atoms with Gasteiger partial charge in [0.1, 0.15) is 12.4 Å². The van der Waals surface area contributed by atoms with Crippen LogP contribution in [0.25, 0.3) is 10.9 Å². The van der Waals surface area contributed by atoms with Crippen molar-refractivity contribution in [2.24, 2.45) is 0 Å². The second kappa shape index (κ2) is 6.06. The highest BCUT2D eigenvalue weighted by Crippen LogP contribution is 2.20. The first-order valence-electron chi connectivity index (χ1n) is 7.44. The molecule has 0 aliphatic carbocycles. The van der Waals surface area contributed by atoms with E-state index in [1.54, 1.807) is 10.6 Å². The molecule has 22 heavy (non-hydrogen) atoms. The monoisotopic (exact) mass is 293 g/mol. The number of nitrogens with zero attached hydrogens (tertiary/aromatic N) is 1. The van der Waals surface area contributed by atoms with Gasteiger partial charge in [-0.25, -0.2) is 0 Å². The Kier molecular flexibility index (Phi) is 3.96. The molecule has 1 heterocycles. The second-order valence-corrected chi connectivity index (χ2v) is 5.43. The summed E-state index contributed by atoms with van der Waals surface area (Å²) in [7, 11) is 0. The SMILES string of the molecule is Cc1cccc(OCCn2c(=O)ccc3ccccc32)c1C. The lowest BCUT2D eigenvalue weighted by Gasteiger charge is -2.13. The van der Waals surface area contributed by atoms with Crippen molar-refractivity contribution in [1.82, 2.24) is 4.57 Å². The summed E-state index contributed by atoms with van der Waals surface area (Å²) in [5, 5.41) is 1.06. The largest absolute Gasteiger partial charge is 0.491 e. The standard InChI is InChI=1S/C19H19NO2/c1-14-6-5-9-18(15(14)2)22-13-12-20-17-8-4-3-7-16(17)10-11-19(20)21/h3-11H,12-13H2,1-2H3. The smallest absolute Gasteiger partial charge is 0.251 e. The predicted molar refractivity (Wildman–Crippen MR) is 89.6 cm³/mol. The zero-order valence-corrected chi connectivity index (χ0v) is 12.9. The maximum atomic E-state index is 12.1. The lowest BCUT2D eigenvalue weighted by atomic mass is 10.1. The fraction of sp³-hybridized carbons (Fsp3) is 0.211. The van der Waals surface area contributed by atoms with Crippen LogP contribution in [0.4, 0.5) is 0 Å². The first-order chi connectivity index (χ1) is 10.7. The van der Waals surface area contributed by atoms with Gasteiger partial charge in [-0.05, 0) is 48.6 Å². The minimum absolute atomic E-state index is 0.00302. The van der Waals surface area contributed by atoms with E-state index in [-0.39, 0.29) is 5.56 Å². The minimum Gasteiger partial charge on any atom is -0.491 e. The summed E-state index contributed by atoms with van der Waals surface area (Å²) in [6.45, 7) is 5.12. The summed E-state index contributed by atoms with van der Waals surface area (Å²) in [6, 6.07) is 17.4. The topological polar surface area (TPSA) is 31.2 Å². The Hall–Kier alpha value is -2.55. The summed E-state index contributed by atoms with van der Waals surface area (Å²) >= 11 is 0. The molecule has 2 aromatic carbocycles. The van der Waals surface area contributed by atoms with Crippen LogP contribution in [0.5, 0.6) is 5.75 Å². The van der Waals surface area contributed by atoms with Crippen LogP contribution in [0.15, 0.2) is 59.4 Å². The van der Waals surface area contributed by atoms with E-state index >= 15 is 0 Å². The first-order valence-corrected chi connectivity index (χ1v) is 7.44. The Morgan fingerprint density at radius 2 is 1.77 bits per heavy atom. The van der Waals surface area contributed by atoms with Gasteiger partial charge in [-0.3, -0.25) is 4.79 Å². The van der Waals surface area contributed by atoms with Crippen LogP contribution in [0.1, 0.15) is 11.1 Å². The van der Waals surface area contributed by atoms with E-state index in [4.69, 9.17) is 4.74 Å². The highest BCUT2D eigenvalue weighted by atomic mass is 16.5. The fourth-order valence-electron chi connectivity index (χ4n) is 2.60. The number of ether oxygens (including phenoxy) is 1. The van der Waals surface area contributed by atoms with Crippen molar-refractivity contribution in [1.29, 1.82) is 0 Å². The molecule has 0 aliphatic heterocycles. The van der Waals surface area contributed by atoms with E-state index in [2.05, 4.69) is 19.9 Å². The molecule has 0 aliphatic rings. The minimum atomic E-state index is 0.00302. The molecule has 0 saturated heterocycles. The first kappa shape index (κ1) is 14.4. The molecule has 112 valence electrons. The van der Waals surface area contributed by atoms with Gasteiger partial charge in [0, 0.05) is 6.07 Å². The van der Waals surface area contributed by atoms with Gasteiger partial charge in [-0.1, -0.05) is 30.3 Å². The van der Waals surface area contributed by atoms with Crippen LogP contribution in [-0.4, -0.2) is 11.2 Å². The number of para-hydroxylation sites is 1. The third kappa shape index (κ3) is 2.75. The number of fused-ring (bicyclic) bond motifs is 1. The van der Waals surface area contributed by atoms with E-state index in [1.165, 1.54) is 5.56 Å². The number of aromatic nitrogens is 1. The molecule has 0 atom stereocenters. The van der Waals surface area contributed by atoms with Crippen LogP contribution in [0, 0.1) is 13.8 Å². The van der Waals surface area contributed by atoms with E-state index in [0.717, 1.165) is 22.2 Å². The highest BCUT2D eigenvalue weighted by molar-refractivity contribution is 5.78. The predicted octanol–water partition coefficient (Wildman–Crippen LogP) is 3.70. The van der Waals surface area contributed by atoms with E-state index in [9.17, 15) is 4.79 Å². The maximum absolute atomic E-state index is 12.1. The van der Waals surface area contributed by atoms with Crippen LogP contribution < -0.4 is 10.3 Å². The Morgan fingerprint density at radius 3 is 2.64 bits per heavy atom. The van der Waals surface area contributed by atoms with E-state index in [0.29, 0.717) is 13.2 Å². The number of rotatable bonds is 4. The average molecular weight is 293 g/mol. The summed E-state index contributed by atoms with van der Waals surface area (Å²) in [5.74, 6) is 0.883. The van der Waals surface area contributed by atoms with Crippen molar-refractivity contribution in [3.05, 3.63) is 76.1 Å². The lowest BCUT2D eigenvalue weighted by Crippen LogP contribution is -2.22. The molecular formula is C19H19NO2. The number of hydrogen-bond donors (Lipinski definition) is 0. The molecule has 0 amide bonds. The van der Waals surface area contributed by atoms with Gasteiger partial charge in [0.15, 0.2) is 0 Å². The summed E-state index contributed by atoms with van der Waals surface area (Å²) in [4.78, 5) is 12.1. The molecule has 1 aromatic heterocycles. The van der Waals surface area contributed by atoms with Crippen molar-refractivity contribution in [3.8, 4) is 5.75 Å². The number of aryl methyl sites for hydroxylation is 1. The Morgan fingerprint density at radius 1 is 0.955 bits per heavy atom. The molecule has 0 radical (unpaired) electrons. The van der Waals surface area contributed by atoms with Gasteiger partial charge in [0.2, 0.25) is 0 Å². The quantitative estimate of drug-likeness (QED) is 0.734. The Balaban J connectivity index is 1.81. The second-order valence-electron chi connectivity index (χ2n) is 5.43. The zero-order valence-electron chi connectivity index (χ0n) is 12.9. The van der Waals surface area contributed by atoms with Crippen LogP contribution in [0.3, 0.4) is 0 Å². The fourth-order valence-corrected chi connectivity index (χ4v) is 2.60. The lowest BCUT2D eigenvalue weighted by molar-refractivity contribution is 0.296.